The minimum atomic E-state index is -0.229. The molecular weight excluding hydrogens is 331 g/mol. The minimum Gasteiger partial charge on any atom is -0.453 e. The number of anilines is 1. The van der Waals surface area contributed by atoms with Gasteiger partial charge in [0, 0.05) is 35.4 Å². The highest BCUT2D eigenvalue weighted by Gasteiger charge is 2.21. The second kappa shape index (κ2) is 5.57. The molecule has 1 aromatic rings. The zero-order chi connectivity index (χ0) is 12.3. The fourth-order valence-corrected chi connectivity index (χ4v) is 2.29. The number of nitrogens with zero attached hydrogens (tertiary/aromatic N) is 2. The van der Waals surface area contributed by atoms with Crippen LogP contribution in [0.15, 0.2) is 24.3 Å². The Morgan fingerprint density at radius 3 is 2.29 bits per heavy atom. The van der Waals surface area contributed by atoms with Gasteiger partial charge in [0.1, 0.15) is 0 Å². The molecule has 17 heavy (non-hydrogen) atoms. The molecule has 0 bridgehead atoms. The Bertz CT molecular complexity index is 386. The molecule has 1 heterocycles. The highest BCUT2D eigenvalue weighted by Crippen LogP contribution is 2.18. The monoisotopic (exact) mass is 346 g/mol. The lowest BCUT2D eigenvalue weighted by atomic mass is 10.2. The van der Waals surface area contributed by atoms with Crippen molar-refractivity contribution < 1.29 is 9.53 Å². The van der Waals surface area contributed by atoms with Gasteiger partial charge in [-0.15, -0.1) is 0 Å². The van der Waals surface area contributed by atoms with E-state index in [-0.39, 0.29) is 6.09 Å². The molecule has 0 saturated carbocycles. The number of benzene rings is 1. The number of hydrogen-bond donors (Lipinski definition) is 0. The summed E-state index contributed by atoms with van der Waals surface area (Å²) >= 11 is 2.30. The van der Waals surface area contributed by atoms with Crippen LogP contribution < -0.4 is 4.90 Å². The lowest BCUT2D eigenvalue weighted by molar-refractivity contribution is 0.121. The van der Waals surface area contributed by atoms with Gasteiger partial charge in [-0.1, -0.05) is 0 Å². The molecule has 0 aromatic heterocycles. The smallest absolute Gasteiger partial charge is 0.409 e. The third-order valence-electron chi connectivity index (χ3n) is 2.90. The van der Waals surface area contributed by atoms with Gasteiger partial charge in [-0.25, -0.2) is 4.79 Å². The largest absolute Gasteiger partial charge is 0.453 e. The molecule has 5 heteroatoms. The first kappa shape index (κ1) is 12.5. The van der Waals surface area contributed by atoms with Crippen molar-refractivity contribution in [1.82, 2.24) is 4.90 Å². The number of piperazine rings is 1. The van der Waals surface area contributed by atoms with Gasteiger partial charge in [0.15, 0.2) is 0 Å². The highest BCUT2D eigenvalue weighted by molar-refractivity contribution is 14.1. The third-order valence-corrected chi connectivity index (χ3v) is 3.62. The van der Waals surface area contributed by atoms with Crippen LogP contribution in [0.5, 0.6) is 0 Å². The second-order valence-electron chi connectivity index (χ2n) is 3.92. The van der Waals surface area contributed by atoms with Crippen LogP contribution in [0.1, 0.15) is 0 Å². The van der Waals surface area contributed by atoms with E-state index in [9.17, 15) is 4.79 Å². The zero-order valence-corrected chi connectivity index (χ0v) is 11.9. The van der Waals surface area contributed by atoms with E-state index in [4.69, 9.17) is 4.74 Å². The number of methoxy groups -OCH3 is 1. The first-order valence-corrected chi connectivity index (χ1v) is 6.62. The van der Waals surface area contributed by atoms with Gasteiger partial charge in [0.25, 0.3) is 0 Å². The molecule has 0 aliphatic carbocycles. The predicted molar refractivity (Wildman–Crippen MR) is 75.4 cm³/mol. The Hall–Kier alpha value is -0.980. The first-order valence-electron chi connectivity index (χ1n) is 5.54. The van der Waals surface area contributed by atoms with Gasteiger partial charge in [0.2, 0.25) is 0 Å². The molecule has 1 saturated heterocycles. The van der Waals surface area contributed by atoms with Crippen LogP contribution >= 0.6 is 22.6 Å². The van der Waals surface area contributed by atoms with E-state index in [1.807, 2.05) is 0 Å². The van der Waals surface area contributed by atoms with Crippen LogP contribution in [0.2, 0.25) is 0 Å². The average molecular weight is 346 g/mol. The average Bonchev–Trinajstić information content (AvgIpc) is 2.39. The number of amides is 1. The normalized spacial score (nSPS) is 15.9. The second-order valence-corrected chi connectivity index (χ2v) is 5.17. The van der Waals surface area contributed by atoms with Crippen molar-refractivity contribution in [2.75, 3.05) is 38.2 Å². The molecule has 1 aliphatic rings. The van der Waals surface area contributed by atoms with Crippen molar-refractivity contribution in [2.24, 2.45) is 0 Å². The number of hydrogen-bond acceptors (Lipinski definition) is 3. The number of ether oxygens (including phenoxy) is 1. The summed E-state index contributed by atoms with van der Waals surface area (Å²) in [6.07, 6.45) is -0.229. The highest BCUT2D eigenvalue weighted by atomic mass is 127. The zero-order valence-electron chi connectivity index (χ0n) is 9.73. The minimum absolute atomic E-state index is 0.229. The SMILES string of the molecule is COC(=O)N1CCN(c2ccc(I)cc2)CC1. The fourth-order valence-electron chi connectivity index (χ4n) is 1.93. The van der Waals surface area contributed by atoms with E-state index in [1.54, 1.807) is 4.90 Å². The quantitative estimate of drug-likeness (QED) is 0.731. The molecular formula is C12H15IN2O2. The number of carbonyl (C=O) groups excluding carboxylic acids is 1. The summed E-state index contributed by atoms with van der Waals surface area (Å²) in [6.45, 7) is 3.16. The maximum atomic E-state index is 11.3. The van der Waals surface area contributed by atoms with Crippen LogP contribution in [0.25, 0.3) is 0 Å². The fraction of sp³-hybridized carbons (Fsp3) is 0.417. The summed E-state index contributed by atoms with van der Waals surface area (Å²) in [5.41, 5.74) is 1.22. The summed E-state index contributed by atoms with van der Waals surface area (Å²) in [6, 6.07) is 8.44. The number of halogens is 1. The van der Waals surface area contributed by atoms with Crippen LogP contribution in [0.3, 0.4) is 0 Å². The molecule has 0 atom stereocenters. The maximum Gasteiger partial charge on any atom is 0.409 e. The van der Waals surface area contributed by atoms with E-state index in [0.29, 0.717) is 0 Å². The van der Waals surface area contributed by atoms with Crippen molar-refractivity contribution in [3.63, 3.8) is 0 Å². The molecule has 1 amide bonds. The first-order chi connectivity index (χ1) is 8.20. The van der Waals surface area contributed by atoms with E-state index in [0.717, 1.165) is 26.2 Å². The van der Waals surface area contributed by atoms with Crippen LogP contribution in [0.4, 0.5) is 10.5 Å². The van der Waals surface area contributed by atoms with Gasteiger partial charge >= 0.3 is 6.09 Å². The van der Waals surface area contributed by atoms with E-state index in [2.05, 4.69) is 51.8 Å². The molecule has 1 fully saturated rings. The molecule has 0 N–H and O–H groups in total. The molecule has 4 nitrogen and oxygen atoms in total. The summed E-state index contributed by atoms with van der Waals surface area (Å²) in [4.78, 5) is 15.4. The molecule has 1 aliphatic heterocycles. The summed E-state index contributed by atoms with van der Waals surface area (Å²) < 4.78 is 5.95. The number of rotatable bonds is 1. The van der Waals surface area contributed by atoms with Crippen molar-refractivity contribution in [3.05, 3.63) is 27.8 Å². The van der Waals surface area contributed by atoms with Crippen molar-refractivity contribution in [3.8, 4) is 0 Å². The third kappa shape index (κ3) is 3.02. The Morgan fingerprint density at radius 1 is 1.18 bits per heavy atom. The molecule has 1 aromatic carbocycles. The van der Waals surface area contributed by atoms with Gasteiger partial charge in [-0.2, -0.15) is 0 Å². The molecule has 0 spiro atoms. The maximum absolute atomic E-state index is 11.3. The van der Waals surface area contributed by atoms with Crippen molar-refractivity contribution in [1.29, 1.82) is 0 Å². The predicted octanol–water partition coefficient (Wildman–Crippen LogP) is 2.18. The Morgan fingerprint density at radius 2 is 1.76 bits per heavy atom. The van der Waals surface area contributed by atoms with E-state index < -0.39 is 0 Å². The molecule has 0 unspecified atom stereocenters. The van der Waals surface area contributed by atoms with Crippen LogP contribution in [-0.2, 0) is 4.74 Å². The molecule has 0 radical (unpaired) electrons. The van der Waals surface area contributed by atoms with E-state index >= 15 is 0 Å². The lowest BCUT2D eigenvalue weighted by Crippen LogP contribution is -2.48. The summed E-state index contributed by atoms with van der Waals surface area (Å²) in [7, 11) is 1.42. The van der Waals surface area contributed by atoms with Crippen LogP contribution in [-0.4, -0.2) is 44.3 Å². The van der Waals surface area contributed by atoms with Gasteiger partial charge in [-0.05, 0) is 46.9 Å². The van der Waals surface area contributed by atoms with Crippen molar-refractivity contribution >= 4 is 34.4 Å². The Kier molecular flexibility index (Phi) is 4.09. The van der Waals surface area contributed by atoms with Crippen LogP contribution in [0, 0.1) is 3.57 Å². The standard InChI is InChI=1S/C12H15IN2O2/c1-17-12(16)15-8-6-14(7-9-15)11-4-2-10(13)3-5-11/h2-5H,6-9H2,1H3. The molecule has 92 valence electrons. The Balaban J connectivity index is 1.95. The van der Waals surface area contributed by atoms with Crippen molar-refractivity contribution in [2.45, 2.75) is 0 Å². The number of carbonyl (C=O) groups is 1. The topological polar surface area (TPSA) is 32.8 Å². The summed E-state index contributed by atoms with van der Waals surface area (Å²) in [5.74, 6) is 0. The van der Waals surface area contributed by atoms with Gasteiger partial charge in [0.05, 0.1) is 7.11 Å². The lowest BCUT2D eigenvalue weighted by Gasteiger charge is -2.35. The van der Waals surface area contributed by atoms with E-state index in [1.165, 1.54) is 16.4 Å². The van der Waals surface area contributed by atoms with Gasteiger partial charge in [-0.3, -0.25) is 0 Å². The Labute approximate surface area is 115 Å². The van der Waals surface area contributed by atoms with Gasteiger partial charge < -0.3 is 14.5 Å². The molecule has 2 rings (SSSR count). The summed E-state index contributed by atoms with van der Waals surface area (Å²) in [5, 5.41) is 0.